The number of ether oxygens (including phenoxy) is 2. The largest absolute Gasteiger partial charge is 0.468 e. The summed E-state index contributed by atoms with van der Waals surface area (Å²) in [6, 6.07) is 7.44. The van der Waals surface area contributed by atoms with Gasteiger partial charge in [0.15, 0.2) is 6.79 Å². The lowest BCUT2D eigenvalue weighted by molar-refractivity contribution is 0.0511. The first kappa shape index (κ1) is 14.1. The molecule has 1 N–H and O–H groups in total. The van der Waals surface area contributed by atoms with Gasteiger partial charge in [0.1, 0.15) is 5.75 Å². The van der Waals surface area contributed by atoms with Crippen molar-refractivity contribution < 1.29 is 14.7 Å². The van der Waals surface area contributed by atoms with E-state index in [1.54, 1.807) is 7.11 Å². The maximum Gasteiger partial charge on any atom is 0.188 e. The number of methoxy groups -OCH3 is 1. The van der Waals surface area contributed by atoms with Crippen LogP contribution in [0.15, 0.2) is 40.2 Å². The predicted octanol–water partition coefficient (Wildman–Crippen LogP) is 2.94. The molecule has 0 aliphatic rings. The second-order valence-corrected chi connectivity index (χ2v) is 4.55. The van der Waals surface area contributed by atoms with Gasteiger partial charge >= 0.3 is 0 Å². The van der Waals surface area contributed by atoms with Crippen molar-refractivity contribution in [1.82, 2.24) is 0 Å². The molecule has 2 rings (SSSR count). The molecule has 0 saturated carbocycles. The molecule has 1 aromatic carbocycles. The third kappa shape index (κ3) is 3.85. The Morgan fingerprint density at radius 2 is 2.05 bits per heavy atom. The van der Waals surface area contributed by atoms with Gasteiger partial charge in [-0.1, -0.05) is 17.0 Å². The Labute approximate surface area is 121 Å². The van der Waals surface area contributed by atoms with Crippen molar-refractivity contribution in [2.75, 3.05) is 13.9 Å². The highest BCUT2D eigenvalue weighted by Crippen LogP contribution is 2.13. The summed E-state index contributed by atoms with van der Waals surface area (Å²) in [7, 11) is 1.58. The summed E-state index contributed by atoms with van der Waals surface area (Å²) < 4.78 is 10.1. The molecule has 0 atom stereocenters. The van der Waals surface area contributed by atoms with Crippen LogP contribution in [-0.4, -0.2) is 25.3 Å². The number of oxime groups is 1. The van der Waals surface area contributed by atoms with Crippen LogP contribution in [0.5, 0.6) is 5.75 Å². The number of nitrogens with zero attached hydrogens (tertiary/aromatic N) is 1. The molecular formula is C15H13NO3S. The molecule has 0 bridgehead atoms. The lowest BCUT2D eigenvalue weighted by Gasteiger charge is -2.03. The monoisotopic (exact) mass is 287 g/mol. The molecule has 0 radical (unpaired) electrons. The second kappa shape index (κ2) is 7.34. The van der Waals surface area contributed by atoms with Crippen molar-refractivity contribution in [3.05, 3.63) is 51.7 Å². The van der Waals surface area contributed by atoms with Gasteiger partial charge in [-0.25, -0.2) is 0 Å². The fraction of sp³-hybridized carbons (Fsp3) is 0.133. The van der Waals surface area contributed by atoms with Gasteiger partial charge in [0, 0.05) is 34.6 Å². The van der Waals surface area contributed by atoms with Gasteiger partial charge in [-0.3, -0.25) is 0 Å². The van der Waals surface area contributed by atoms with E-state index < -0.39 is 0 Å². The van der Waals surface area contributed by atoms with Crippen molar-refractivity contribution in [3.63, 3.8) is 0 Å². The number of benzene rings is 1. The number of rotatable bonds is 4. The van der Waals surface area contributed by atoms with Crippen molar-refractivity contribution in [1.29, 1.82) is 0 Å². The van der Waals surface area contributed by atoms with Crippen LogP contribution >= 0.6 is 11.3 Å². The number of hydrogen-bond donors (Lipinski definition) is 1. The summed E-state index contributed by atoms with van der Waals surface area (Å²) in [5.41, 5.74) is 2.53. The molecule has 0 spiro atoms. The van der Waals surface area contributed by atoms with Gasteiger partial charge in [0.05, 0.1) is 6.21 Å². The SMILES string of the molecule is COCOc1ccc(C#Cc2cscc2C=NO)cc1. The zero-order valence-corrected chi connectivity index (χ0v) is 11.7. The average Bonchev–Trinajstić information content (AvgIpc) is 2.92. The minimum atomic E-state index is 0.226. The topological polar surface area (TPSA) is 51.0 Å². The fourth-order valence-electron chi connectivity index (χ4n) is 1.47. The Kier molecular flexibility index (Phi) is 5.18. The Balaban J connectivity index is 2.10. The third-order valence-corrected chi connectivity index (χ3v) is 3.19. The van der Waals surface area contributed by atoms with E-state index in [0.29, 0.717) is 0 Å². The van der Waals surface area contributed by atoms with E-state index in [1.165, 1.54) is 17.6 Å². The number of hydrogen-bond acceptors (Lipinski definition) is 5. The minimum Gasteiger partial charge on any atom is -0.468 e. The zero-order chi connectivity index (χ0) is 14.2. The summed E-state index contributed by atoms with van der Waals surface area (Å²) in [6.07, 6.45) is 1.38. The van der Waals surface area contributed by atoms with E-state index in [0.717, 1.165) is 22.4 Å². The molecule has 4 nitrogen and oxygen atoms in total. The van der Waals surface area contributed by atoms with Crippen molar-refractivity contribution >= 4 is 17.6 Å². The lowest BCUT2D eigenvalue weighted by Crippen LogP contribution is -1.98. The maximum absolute atomic E-state index is 8.55. The predicted molar refractivity (Wildman–Crippen MR) is 78.6 cm³/mol. The summed E-state index contributed by atoms with van der Waals surface area (Å²) in [6.45, 7) is 0.226. The van der Waals surface area contributed by atoms with Crippen LogP contribution in [0.25, 0.3) is 0 Å². The Hall–Kier alpha value is -2.29. The van der Waals surface area contributed by atoms with Crippen LogP contribution in [0, 0.1) is 11.8 Å². The van der Waals surface area contributed by atoms with E-state index in [-0.39, 0.29) is 6.79 Å². The van der Waals surface area contributed by atoms with Gasteiger partial charge in [-0.2, -0.15) is 11.3 Å². The van der Waals surface area contributed by atoms with E-state index in [4.69, 9.17) is 14.7 Å². The highest BCUT2D eigenvalue weighted by molar-refractivity contribution is 7.08. The molecule has 0 saturated heterocycles. The minimum absolute atomic E-state index is 0.226. The van der Waals surface area contributed by atoms with Crippen molar-refractivity contribution in [2.45, 2.75) is 0 Å². The molecule has 0 unspecified atom stereocenters. The van der Waals surface area contributed by atoms with Gasteiger partial charge in [0.25, 0.3) is 0 Å². The van der Waals surface area contributed by atoms with Crippen LogP contribution in [0.1, 0.15) is 16.7 Å². The van der Waals surface area contributed by atoms with Gasteiger partial charge in [-0.05, 0) is 24.3 Å². The van der Waals surface area contributed by atoms with Gasteiger partial charge < -0.3 is 14.7 Å². The van der Waals surface area contributed by atoms with Gasteiger partial charge in [0.2, 0.25) is 0 Å². The first-order valence-electron chi connectivity index (χ1n) is 5.81. The molecule has 0 amide bonds. The fourth-order valence-corrected chi connectivity index (χ4v) is 2.21. The summed E-state index contributed by atoms with van der Waals surface area (Å²) >= 11 is 1.51. The van der Waals surface area contributed by atoms with Crippen LogP contribution in [0.2, 0.25) is 0 Å². The lowest BCUT2D eigenvalue weighted by atomic mass is 10.2. The first-order chi connectivity index (χ1) is 9.83. The van der Waals surface area contributed by atoms with Gasteiger partial charge in [-0.15, -0.1) is 0 Å². The average molecular weight is 287 g/mol. The summed E-state index contributed by atoms with van der Waals surface area (Å²) in [5.74, 6) is 6.84. The maximum atomic E-state index is 8.55. The van der Waals surface area contributed by atoms with E-state index in [2.05, 4.69) is 17.0 Å². The molecular weight excluding hydrogens is 274 g/mol. The first-order valence-corrected chi connectivity index (χ1v) is 6.75. The molecule has 102 valence electrons. The van der Waals surface area contributed by atoms with E-state index >= 15 is 0 Å². The Bertz CT molecular complexity index is 635. The van der Waals surface area contributed by atoms with Crippen LogP contribution in [0.4, 0.5) is 0 Å². The van der Waals surface area contributed by atoms with Crippen LogP contribution in [0.3, 0.4) is 0 Å². The summed E-state index contributed by atoms with van der Waals surface area (Å²) in [4.78, 5) is 0. The smallest absolute Gasteiger partial charge is 0.188 e. The molecule has 1 aromatic heterocycles. The van der Waals surface area contributed by atoms with Crippen molar-refractivity contribution in [3.8, 4) is 17.6 Å². The molecule has 1 heterocycles. The van der Waals surface area contributed by atoms with Crippen molar-refractivity contribution in [2.24, 2.45) is 5.16 Å². The highest BCUT2D eigenvalue weighted by atomic mass is 32.1. The molecule has 0 fully saturated rings. The molecule has 5 heteroatoms. The third-order valence-electron chi connectivity index (χ3n) is 2.43. The second-order valence-electron chi connectivity index (χ2n) is 3.81. The van der Waals surface area contributed by atoms with E-state index in [1.807, 2.05) is 35.0 Å². The highest BCUT2D eigenvalue weighted by Gasteiger charge is 1.98. The molecule has 0 aliphatic heterocycles. The molecule has 20 heavy (non-hydrogen) atoms. The van der Waals surface area contributed by atoms with E-state index in [9.17, 15) is 0 Å². The van der Waals surface area contributed by atoms with Crippen LogP contribution < -0.4 is 4.74 Å². The van der Waals surface area contributed by atoms with Crippen LogP contribution in [-0.2, 0) is 4.74 Å². The Morgan fingerprint density at radius 1 is 1.25 bits per heavy atom. The molecule has 2 aromatic rings. The zero-order valence-electron chi connectivity index (χ0n) is 10.9. The Morgan fingerprint density at radius 3 is 2.75 bits per heavy atom. The number of thiophene rings is 1. The normalized spacial score (nSPS) is 10.2. The summed E-state index contributed by atoms with van der Waals surface area (Å²) in [5, 5.41) is 15.4. The quantitative estimate of drug-likeness (QED) is 0.309. The standard InChI is InChI=1S/C15H13NO3S/c1-18-11-19-15-6-3-12(4-7-15)2-5-13-9-20-10-14(13)8-16-17/h3-4,6-10,17H,11H2,1H3. The molecule has 0 aliphatic carbocycles.